The van der Waals surface area contributed by atoms with Gasteiger partial charge in [-0.3, -0.25) is 9.59 Å². The molecule has 0 aliphatic carbocycles. The van der Waals surface area contributed by atoms with E-state index in [0.29, 0.717) is 0 Å². The van der Waals surface area contributed by atoms with Gasteiger partial charge in [0.25, 0.3) is 0 Å². The van der Waals surface area contributed by atoms with E-state index in [4.69, 9.17) is 0 Å². The van der Waals surface area contributed by atoms with Crippen LogP contribution >= 0.6 is 11.8 Å². The van der Waals surface area contributed by atoms with Crippen molar-refractivity contribution in [2.24, 2.45) is 5.92 Å². The van der Waals surface area contributed by atoms with Crippen molar-refractivity contribution in [1.29, 1.82) is 0 Å². The number of carboxylic acids is 2. The van der Waals surface area contributed by atoms with Gasteiger partial charge in [0.2, 0.25) is 0 Å². The third-order valence-electron chi connectivity index (χ3n) is 9.04. The lowest BCUT2D eigenvalue weighted by atomic mass is 9.83. The summed E-state index contributed by atoms with van der Waals surface area (Å²) >= 11 is 1.14. The van der Waals surface area contributed by atoms with Crippen molar-refractivity contribution in [2.75, 3.05) is 0 Å². The predicted molar refractivity (Wildman–Crippen MR) is 180 cm³/mol. The number of hydrogen-bond donors (Lipinski definition) is 2. The first-order valence-corrected chi connectivity index (χ1v) is 18.8. The number of carboxylic acid groups (broad SMARTS) is 2. The minimum atomic E-state index is -1.05. The SMILES string of the molecule is CCCCCCCCCCCCCCCCCC(CCCCCCCCCCCC)C(C)(SC(C)C(=O)O)C(=O)O. The zero-order valence-electron chi connectivity index (χ0n) is 27.9. The molecule has 5 heteroatoms. The maximum absolute atomic E-state index is 12.4. The van der Waals surface area contributed by atoms with Crippen molar-refractivity contribution in [1.82, 2.24) is 0 Å². The Hall–Kier alpha value is -0.710. The Morgan fingerprint density at radius 2 is 0.805 bits per heavy atom. The Balaban J connectivity index is 4.36. The molecule has 0 aliphatic rings. The number of hydrogen-bond acceptors (Lipinski definition) is 3. The third kappa shape index (κ3) is 22.5. The van der Waals surface area contributed by atoms with E-state index in [-0.39, 0.29) is 5.92 Å². The van der Waals surface area contributed by atoms with Crippen LogP contribution in [-0.2, 0) is 9.59 Å². The van der Waals surface area contributed by atoms with Crippen LogP contribution in [-0.4, -0.2) is 32.1 Å². The quantitative estimate of drug-likeness (QED) is 0.0753. The maximum atomic E-state index is 12.4. The molecule has 0 fully saturated rings. The fourth-order valence-corrected chi connectivity index (χ4v) is 7.44. The van der Waals surface area contributed by atoms with Gasteiger partial charge in [0.05, 0.1) is 0 Å². The Bertz CT molecular complexity index is 610. The molecule has 0 rings (SSSR count). The van der Waals surface area contributed by atoms with Gasteiger partial charge in [0.15, 0.2) is 0 Å². The molecular weight excluding hydrogens is 528 g/mol. The Morgan fingerprint density at radius 1 is 0.537 bits per heavy atom. The topological polar surface area (TPSA) is 74.6 Å². The zero-order chi connectivity index (χ0) is 30.6. The molecule has 0 aromatic carbocycles. The molecule has 41 heavy (non-hydrogen) atoms. The molecule has 0 bridgehead atoms. The number of carbonyl (C=O) groups is 2. The molecule has 0 spiro atoms. The molecule has 0 saturated heterocycles. The lowest BCUT2D eigenvalue weighted by Crippen LogP contribution is -2.42. The highest BCUT2D eigenvalue weighted by molar-refractivity contribution is 8.02. The van der Waals surface area contributed by atoms with Gasteiger partial charge in [-0.05, 0) is 32.6 Å². The molecular formula is C36H70O4S. The van der Waals surface area contributed by atoms with E-state index in [1.807, 2.05) is 0 Å². The molecule has 0 aliphatic heterocycles. The van der Waals surface area contributed by atoms with Crippen molar-refractivity contribution < 1.29 is 19.8 Å². The first-order valence-electron chi connectivity index (χ1n) is 17.9. The van der Waals surface area contributed by atoms with Crippen LogP contribution in [0.4, 0.5) is 0 Å². The number of thioether (sulfide) groups is 1. The molecule has 0 aromatic rings. The maximum Gasteiger partial charge on any atom is 0.319 e. The van der Waals surface area contributed by atoms with E-state index < -0.39 is 21.9 Å². The lowest BCUT2D eigenvalue weighted by Gasteiger charge is -2.35. The molecule has 2 N–H and O–H groups in total. The van der Waals surface area contributed by atoms with Crippen molar-refractivity contribution in [3.8, 4) is 0 Å². The summed E-state index contributed by atoms with van der Waals surface area (Å²) in [7, 11) is 0. The summed E-state index contributed by atoms with van der Waals surface area (Å²) in [5.41, 5.74) is 0. The fourth-order valence-electron chi connectivity index (χ4n) is 6.07. The third-order valence-corrected chi connectivity index (χ3v) is 10.6. The average molecular weight is 599 g/mol. The number of rotatable bonds is 32. The van der Waals surface area contributed by atoms with Gasteiger partial charge < -0.3 is 10.2 Å². The van der Waals surface area contributed by atoms with Crippen LogP contribution < -0.4 is 0 Å². The summed E-state index contributed by atoms with van der Waals surface area (Å²) in [6.45, 7) is 7.94. The Morgan fingerprint density at radius 3 is 1.05 bits per heavy atom. The van der Waals surface area contributed by atoms with Crippen LogP contribution in [0.2, 0.25) is 0 Å². The summed E-state index contributed by atoms with van der Waals surface area (Å²) in [5, 5.41) is 19.0. The second-order valence-corrected chi connectivity index (χ2v) is 14.7. The van der Waals surface area contributed by atoms with Crippen molar-refractivity contribution in [2.45, 2.75) is 211 Å². The van der Waals surface area contributed by atoms with Crippen LogP contribution in [0.3, 0.4) is 0 Å². The minimum absolute atomic E-state index is 0.0165. The van der Waals surface area contributed by atoms with E-state index in [1.54, 1.807) is 13.8 Å². The summed E-state index contributed by atoms with van der Waals surface area (Å²) in [6, 6.07) is 0. The largest absolute Gasteiger partial charge is 0.480 e. The summed E-state index contributed by atoms with van der Waals surface area (Å²) < 4.78 is -1.05. The van der Waals surface area contributed by atoms with Crippen molar-refractivity contribution in [3.05, 3.63) is 0 Å². The van der Waals surface area contributed by atoms with Gasteiger partial charge in [-0.1, -0.05) is 174 Å². The number of aliphatic carboxylic acids is 2. The first-order chi connectivity index (χ1) is 19.8. The highest BCUT2D eigenvalue weighted by Crippen LogP contribution is 2.42. The van der Waals surface area contributed by atoms with E-state index >= 15 is 0 Å². The lowest BCUT2D eigenvalue weighted by molar-refractivity contribution is -0.141. The molecule has 0 aromatic heterocycles. The Kier molecular flexibility index (Phi) is 27.6. The smallest absolute Gasteiger partial charge is 0.319 e. The van der Waals surface area contributed by atoms with E-state index in [9.17, 15) is 19.8 Å². The minimum Gasteiger partial charge on any atom is -0.480 e. The molecule has 3 unspecified atom stereocenters. The van der Waals surface area contributed by atoms with Crippen LogP contribution in [0, 0.1) is 5.92 Å². The fraction of sp³-hybridized carbons (Fsp3) is 0.944. The van der Waals surface area contributed by atoms with Crippen molar-refractivity contribution in [3.63, 3.8) is 0 Å². The zero-order valence-corrected chi connectivity index (χ0v) is 28.7. The van der Waals surface area contributed by atoms with E-state index in [2.05, 4.69) is 13.8 Å². The van der Waals surface area contributed by atoms with Crippen LogP contribution in [0.25, 0.3) is 0 Å². The van der Waals surface area contributed by atoms with Crippen LogP contribution in [0.15, 0.2) is 0 Å². The van der Waals surface area contributed by atoms with Gasteiger partial charge in [-0.2, -0.15) is 0 Å². The van der Waals surface area contributed by atoms with Gasteiger partial charge >= 0.3 is 11.9 Å². The first kappa shape index (κ1) is 40.3. The van der Waals surface area contributed by atoms with Crippen molar-refractivity contribution >= 4 is 23.7 Å². The van der Waals surface area contributed by atoms with Gasteiger partial charge in [0, 0.05) is 0 Å². The molecule has 0 amide bonds. The summed E-state index contributed by atoms with van der Waals surface area (Å²) in [5.74, 6) is -1.76. The Labute approximate surface area is 260 Å². The van der Waals surface area contributed by atoms with Gasteiger partial charge in [-0.15, -0.1) is 11.8 Å². The predicted octanol–water partition coefficient (Wildman–Crippen LogP) is 12.2. The highest BCUT2D eigenvalue weighted by Gasteiger charge is 2.43. The highest BCUT2D eigenvalue weighted by atomic mass is 32.2. The van der Waals surface area contributed by atoms with Gasteiger partial charge in [-0.25, -0.2) is 0 Å². The molecule has 3 atom stereocenters. The second kappa shape index (κ2) is 28.1. The molecule has 0 heterocycles. The van der Waals surface area contributed by atoms with Crippen LogP contribution in [0.5, 0.6) is 0 Å². The summed E-state index contributed by atoms with van der Waals surface area (Å²) in [4.78, 5) is 24.0. The van der Waals surface area contributed by atoms with E-state index in [0.717, 1.165) is 50.3 Å². The number of unbranched alkanes of at least 4 members (excludes halogenated alkanes) is 23. The molecule has 0 saturated carbocycles. The molecule has 244 valence electrons. The van der Waals surface area contributed by atoms with E-state index in [1.165, 1.54) is 135 Å². The monoisotopic (exact) mass is 598 g/mol. The van der Waals surface area contributed by atoms with Crippen LogP contribution in [0.1, 0.15) is 201 Å². The normalized spacial score (nSPS) is 14.5. The molecule has 0 radical (unpaired) electrons. The summed E-state index contributed by atoms with van der Waals surface area (Å²) in [6.07, 6.45) is 34.3. The second-order valence-electron chi connectivity index (χ2n) is 12.9. The van der Waals surface area contributed by atoms with Gasteiger partial charge in [0.1, 0.15) is 10.00 Å². The average Bonchev–Trinajstić information content (AvgIpc) is 2.94. The molecule has 4 nitrogen and oxygen atoms in total. The standard InChI is InChI=1S/C36H70O4S/c1-5-7-9-11-13-15-17-18-19-20-21-23-25-27-29-31-33(36(4,35(39)40)41-32(3)34(37)38)30-28-26-24-22-16-14-12-10-8-6-2/h32-33H,5-31H2,1-4H3,(H,37,38)(H,39,40).